The maximum Gasteiger partial charge on any atom is 0.251 e. The normalized spacial score (nSPS) is 12.7. The van der Waals surface area contributed by atoms with Crippen LogP contribution in [0, 0.1) is 0 Å². The summed E-state index contributed by atoms with van der Waals surface area (Å²) >= 11 is 0. The van der Waals surface area contributed by atoms with Crippen molar-refractivity contribution in [3.8, 4) is 11.3 Å². The molecule has 0 atom stereocenters. The highest BCUT2D eigenvalue weighted by atomic mass is 16.5. The fourth-order valence-electron chi connectivity index (χ4n) is 3.12. The van der Waals surface area contributed by atoms with E-state index in [4.69, 9.17) is 4.52 Å². The highest BCUT2D eigenvalue weighted by Crippen LogP contribution is 2.32. The fourth-order valence-corrected chi connectivity index (χ4v) is 3.12. The van der Waals surface area contributed by atoms with Gasteiger partial charge in [0.25, 0.3) is 5.91 Å². The van der Waals surface area contributed by atoms with E-state index in [2.05, 4.69) is 10.5 Å². The highest BCUT2D eigenvalue weighted by molar-refractivity contribution is 6.01. The molecule has 6 heteroatoms. The summed E-state index contributed by atoms with van der Waals surface area (Å²) < 4.78 is 5.18. The number of nitrogens with one attached hydrogen (secondary N) is 1. The molecule has 2 heterocycles. The topological polar surface area (TPSA) is 75.4 Å². The largest absolute Gasteiger partial charge is 0.356 e. The molecule has 0 unspecified atom stereocenters. The number of benzene rings is 2. The second-order valence-corrected chi connectivity index (χ2v) is 6.06. The molecule has 0 radical (unpaired) electrons. The van der Waals surface area contributed by atoms with Crippen molar-refractivity contribution in [3.63, 3.8) is 0 Å². The van der Waals surface area contributed by atoms with Crippen molar-refractivity contribution in [1.29, 1.82) is 0 Å². The molecule has 0 spiro atoms. The molecule has 1 aliphatic heterocycles. The van der Waals surface area contributed by atoms with Gasteiger partial charge in [0.1, 0.15) is 0 Å². The molecule has 0 aliphatic carbocycles. The van der Waals surface area contributed by atoms with Crippen molar-refractivity contribution in [3.05, 3.63) is 71.9 Å². The number of rotatable bonds is 4. The molecular weight excluding hydrogens is 330 g/mol. The van der Waals surface area contributed by atoms with E-state index < -0.39 is 0 Å². The molecule has 3 aromatic rings. The zero-order valence-corrected chi connectivity index (χ0v) is 14.0. The van der Waals surface area contributed by atoms with Crippen LogP contribution < -0.4 is 10.2 Å². The van der Waals surface area contributed by atoms with Crippen molar-refractivity contribution >= 4 is 17.5 Å². The van der Waals surface area contributed by atoms with Crippen LogP contribution in [-0.4, -0.2) is 30.1 Å². The van der Waals surface area contributed by atoms with E-state index in [9.17, 15) is 9.59 Å². The first-order valence-corrected chi connectivity index (χ1v) is 8.40. The second-order valence-electron chi connectivity index (χ2n) is 6.06. The van der Waals surface area contributed by atoms with Gasteiger partial charge >= 0.3 is 0 Å². The van der Waals surface area contributed by atoms with Crippen molar-refractivity contribution in [1.82, 2.24) is 10.5 Å². The van der Waals surface area contributed by atoms with Crippen LogP contribution in [0.15, 0.2) is 65.3 Å². The predicted molar refractivity (Wildman–Crippen MR) is 96.8 cm³/mol. The molecule has 2 aromatic carbocycles. The van der Waals surface area contributed by atoms with Crippen molar-refractivity contribution in [2.75, 3.05) is 18.0 Å². The number of fused-ring (bicyclic) bond motifs is 1. The molecule has 0 saturated heterocycles. The van der Waals surface area contributed by atoms with Gasteiger partial charge in [0.2, 0.25) is 5.91 Å². The first-order valence-electron chi connectivity index (χ1n) is 8.40. The van der Waals surface area contributed by atoms with E-state index in [1.165, 1.54) is 0 Å². The lowest BCUT2D eigenvalue weighted by molar-refractivity contribution is -0.117. The summed E-state index contributed by atoms with van der Waals surface area (Å²) in [5.74, 6) is 0.326. The van der Waals surface area contributed by atoms with Crippen LogP contribution >= 0.6 is 0 Å². The Bertz CT molecular complexity index is 936. The fraction of sp³-hybridized carbons (Fsp3) is 0.150. The predicted octanol–water partition coefficient (Wildman–Crippen LogP) is 2.66. The molecular formula is C20H17N3O3. The van der Waals surface area contributed by atoms with Gasteiger partial charge in [-0.25, -0.2) is 0 Å². The van der Waals surface area contributed by atoms with Gasteiger partial charge in [-0.3, -0.25) is 9.59 Å². The summed E-state index contributed by atoms with van der Waals surface area (Å²) in [6.07, 6.45) is 2.38. The Balaban J connectivity index is 1.44. The maximum atomic E-state index is 12.5. The summed E-state index contributed by atoms with van der Waals surface area (Å²) in [6, 6.07) is 16.5. The molecule has 1 aromatic heterocycles. The van der Waals surface area contributed by atoms with E-state index in [1.54, 1.807) is 41.4 Å². The monoisotopic (exact) mass is 347 g/mol. The minimum atomic E-state index is -0.251. The van der Waals surface area contributed by atoms with Crippen LogP contribution in [0.4, 0.5) is 5.69 Å². The molecule has 2 amide bonds. The van der Waals surface area contributed by atoms with Crippen LogP contribution in [0.1, 0.15) is 15.9 Å². The quantitative estimate of drug-likeness (QED) is 0.787. The minimum Gasteiger partial charge on any atom is -0.356 e. The molecule has 1 N–H and O–H groups in total. The lowest BCUT2D eigenvalue weighted by Gasteiger charge is -2.18. The highest BCUT2D eigenvalue weighted by Gasteiger charge is 2.25. The van der Waals surface area contributed by atoms with Crippen LogP contribution in [0.5, 0.6) is 0 Å². The number of amides is 2. The van der Waals surface area contributed by atoms with E-state index in [-0.39, 0.29) is 18.4 Å². The lowest BCUT2D eigenvalue weighted by atomic mass is 10.1. The summed E-state index contributed by atoms with van der Waals surface area (Å²) in [5.41, 5.74) is 3.45. The van der Waals surface area contributed by atoms with E-state index in [0.29, 0.717) is 17.9 Å². The summed E-state index contributed by atoms with van der Waals surface area (Å²) in [5, 5.41) is 6.41. The number of hydrogen-bond donors (Lipinski definition) is 1. The van der Waals surface area contributed by atoms with Gasteiger partial charge in [0.15, 0.2) is 5.76 Å². The van der Waals surface area contributed by atoms with Gasteiger partial charge in [-0.1, -0.05) is 23.4 Å². The van der Waals surface area contributed by atoms with E-state index >= 15 is 0 Å². The third-order valence-electron chi connectivity index (χ3n) is 4.43. The molecule has 0 fully saturated rings. The summed E-state index contributed by atoms with van der Waals surface area (Å²) in [7, 11) is 0. The summed E-state index contributed by atoms with van der Waals surface area (Å²) in [4.78, 5) is 26.3. The van der Waals surface area contributed by atoms with Gasteiger partial charge in [-0.2, -0.15) is 0 Å². The first-order chi connectivity index (χ1) is 12.7. The number of hydrogen-bond acceptors (Lipinski definition) is 4. The van der Waals surface area contributed by atoms with Crippen molar-refractivity contribution in [2.24, 2.45) is 0 Å². The Morgan fingerprint density at radius 1 is 1.12 bits per heavy atom. The molecule has 0 bridgehead atoms. The zero-order chi connectivity index (χ0) is 17.9. The van der Waals surface area contributed by atoms with E-state index in [1.807, 2.05) is 24.3 Å². The Kier molecular flexibility index (Phi) is 4.23. The van der Waals surface area contributed by atoms with Gasteiger partial charge in [-0.15, -0.1) is 0 Å². The Morgan fingerprint density at radius 2 is 1.96 bits per heavy atom. The minimum absolute atomic E-state index is 0.0307. The van der Waals surface area contributed by atoms with Crippen LogP contribution in [0.3, 0.4) is 0 Å². The van der Waals surface area contributed by atoms with Crippen molar-refractivity contribution in [2.45, 2.75) is 6.42 Å². The van der Waals surface area contributed by atoms with Gasteiger partial charge < -0.3 is 14.7 Å². The molecule has 130 valence electrons. The Hall–Kier alpha value is -3.41. The third-order valence-corrected chi connectivity index (χ3v) is 4.43. The van der Waals surface area contributed by atoms with Gasteiger partial charge in [0, 0.05) is 29.4 Å². The number of aromatic nitrogens is 1. The van der Waals surface area contributed by atoms with Crippen LogP contribution in [0.2, 0.25) is 0 Å². The first kappa shape index (κ1) is 16.1. The van der Waals surface area contributed by atoms with Crippen molar-refractivity contribution < 1.29 is 14.1 Å². The average Bonchev–Trinajstić information content (AvgIpc) is 3.35. The molecule has 6 nitrogen and oxygen atoms in total. The number of carbonyl (C=O) groups is 2. The third kappa shape index (κ3) is 3.09. The smallest absolute Gasteiger partial charge is 0.251 e. The van der Waals surface area contributed by atoms with Crippen LogP contribution in [-0.2, 0) is 11.2 Å². The van der Waals surface area contributed by atoms with E-state index in [0.717, 1.165) is 23.2 Å². The molecule has 1 aliphatic rings. The standard InChI is InChI=1S/C20H17N3O3/c24-19(13-21-20(25)14-4-2-1-3-5-14)23-11-9-15-12-16(6-7-17(15)23)18-8-10-22-26-18/h1-8,10,12H,9,11,13H2,(H,21,25). The van der Waals surface area contributed by atoms with Crippen LogP contribution in [0.25, 0.3) is 11.3 Å². The Labute approximate surface area is 150 Å². The molecule has 26 heavy (non-hydrogen) atoms. The number of anilines is 1. The number of nitrogens with zero attached hydrogens (tertiary/aromatic N) is 2. The average molecular weight is 347 g/mol. The second kappa shape index (κ2) is 6.84. The Morgan fingerprint density at radius 3 is 2.73 bits per heavy atom. The summed E-state index contributed by atoms with van der Waals surface area (Å²) in [6.45, 7) is 0.576. The number of carbonyl (C=O) groups excluding carboxylic acids is 2. The maximum absolute atomic E-state index is 12.5. The zero-order valence-electron chi connectivity index (χ0n) is 14.0. The van der Waals surface area contributed by atoms with Gasteiger partial charge in [0.05, 0.1) is 12.7 Å². The SMILES string of the molecule is O=C(NCC(=O)N1CCc2cc(-c3ccno3)ccc21)c1ccccc1. The molecule has 0 saturated carbocycles. The lowest BCUT2D eigenvalue weighted by Crippen LogP contribution is -2.39. The molecule has 4 rings (SSSR count). The van der Waals surface area contributed by atoms with Gasteiger partial charge in [-0.05, 0) is 42.3 Å².